The zero-order chi connectivity index (χ0) is 23.5. The molecule has 0 saturated carbocycles. The molecule has 0 saturated heterocycles. The summed E-state index contributed by atoms with van der Waals surface area (Å²) in [6.45, 7) is 4.52. The molecule has 0 spiro atoms. The normalized spacial score (nSPS) is 11.9. The number of fused-ring (bicyclic) bond motifs is 1. The number of esters is 1. The number of hydrogen-bond acceptors (Lipinski definition) is 5. The summed E-state index contributed by atoms with van der Waals surface area (Å²) in [5.41, 5.74) is -0.183. The van der Waals surface area contributed by atoms with Crippen molar-refractivity contribution in [2.24, 2.45) is 0 Å². The largest absolute Gasteiger partial charge is 0.452 e. The number of sulfonamides is 1. The number of ether oxygens (including phenoxy) is 1. The topological polar surface area (TPSA) is 102 Å². The zero-order valence-corrected chi connectivity index (χ0v) is 19.4. The van der Waals surface area contributed by atoms with E-state index in [4.69, 9.17) is 16.3 Å². The van der Waals surface area contributed by atoms with E-state index in [0.29, 0.717) is 5.69 Å². The highest BCUT2D eigenvalue weighted by molar-refractivity contribution is 7.89. The average Bonchev–Trinajstić information content (AvgIpc) is 2.71. The van der Waals surface area contributed by atoms with E-state index in [0.717, 1.165) is 16.8 Å². The van der Waals surface area contributed by atoms with Crippen LogP contribution in [0, 0.1) is 0 Å². The third-order valence-electron chi connectivity index (χ3n) is 4.30. The molecule has 2 N–H and O–H groups in total. The number of carbonyl (C=O) groups excluding carboxylic acids is 2. The Hall–Kier alpha value is -2.94. The molecule has 0 aliphatic heterocycles. The van der Waals surface area contributed by atoms with Gasteiger partial charge < -0.3 is 10.1 Å². The maximum absolute atomic E-state index is 12.6. The van der Waals surface area contributed by atoms with E-state index in [1.165, 1.54) is 12.1 Å². The Morgan fingerprint density at radius 1 is 1.00 bits per heavy atom. The summed E-state index contributed by atoms with van der Waals surface area (Å²) in [6.07, 6.45) is 0. The van der Waals surface area contributed by atoms with Crippen LogP contribution in [-0.2, 0) is 19.6 Å². The Bertz CT molecular complexity index is 1280. The van der Waals surface area contributed by atoms with Gasteiger partial charge in [0, 0.05) is 16.6 Å². The Kier molecular flexibility index (Phi) is 6.88. The predicted octanol–water partition coefficient (Wildman–Crippen LogP) is 4.37. The van der Waals surface area contributed by atoms with E-state index in [1.54, 1.807) is 26.8 Å². The highest BCUT2D eigenvalue weighted by atomic mass is 35.5. The van der Waals surface area contributed by atoms with E-state index < -0.39 is 34.0 Å². The van der Waals surface area contributed by atoms with Crippen LogP contribution in [0.5, 0.6) is 0 Å². The number of anilines is 1. The number of hydrogen-bond donors (Lipinski definition) is 2. The maximum Gasteiger partial charge on any atom is 0.338 e. The SMILES string of the molecule is CC(C)(C)NS(=O)(=O)c1cc(C(=O)OCC(=O)Nc2cccc3ccccc23)ccc1Cl. The van der Waals surface area contributed by atoms with Crippen LogP contribution in [0.1, 0.15) is 31.1 Å². The van der Waals surface area contributed by atoms with E-state index >= 15 is 0 Å². The maximum atomic E-state index is 12.6. The van der Waals surface area contributed by atoms with Crippen molar-refractivity contribution in [1.82, 2.24) is 4.72 Å². The molecule has 0 fully saturated rings. The molecule has 0 radical (unpaired) electrons. The first-order valence-corrected chi connectivity index (χ1v) is 11.6. The van der Waals surface area contributed by atoms with Gasteiger partial charge in [0.2, 0.25) is 10.0 Å². The van der Waals surface area contributed by atoms with E-state index in [9.17, 15) is 18.0 Å². The number of rotatable bonds is 6. The van der Waals surface area contributed by atoms with Gasteiger partial charge in [-0.1, -0.05) is 48.0 Å². The van der Waals surface area contributed by atoms with Crippen LogP contribution in [0.2, 0.25) is 5.02 Å². The molecule has 3 rings (SSSR count). The van der Waals surface area contributed by atoms with Crippen molar-refractivity contribution in [3.8, 4) is 0 Å². The van der Waals surface area contributed by atoms with Gasteiger partial charge in [-0.2, -0.15) is 0 Å². The molecule has 168 valence electrons. The second-order valence-corrected chi connectivity index (χ2v) is 10.2. The second-order valence-electron chi connectivity index (χ2n) is 8.15. The number of halogens is 1. The fourth-order valence-corrected chi connectivity index (χ4v) is 4.97. The smallest absolute Gasteiger partial charge is 0.338 e. The molecule has 7 nitrogen and oxygen atoms in total. The van der Waals surface area contributed by atoms with Crippen LogP contribution in [0.15, 0.2) is 65.6 Å². The molecule has 0 unspecified atom stereocenters. The standard InChI is InChI=1S/C23H23ClN2O5S/c1-23(2,3)26-32(29,30)20-13-16(11-12-18(20)24)22(28)31-14-21(27)25-19-10-6-8-15-7-4-5-9-17(15)19/h4-13,26H,14H2,1-3H3,(H,25,27). The molecule has 0 heterocycles. The van der Waals surface area contributed by atoms with Gasteiger partial charge in [0.25, 0.3) is 5.91 Å². The molecule has 32 heavy (non-hydrogen) atoms. The van der Waals surface area contributed by atoms with Crippen LogP contribution < -0.4 is 10.0 Å². The van der Waals surface area contributed by atoms with Crippen molar-refractivity contribution >= 4 is 50.0 Å². The van der Waals surface area contributed by atoms with Crippen molar-refractivity contribution in [3.63, 3.8) is 0 Å². The van der Waals surface area contributed by atoms with Crippen LogP contribution >= 0.6 is 11.6 Å². The van der Waals surface area contributed by atoms with Crippen molar-refractivity contribution in [2.45, 2.75) is 31.2 Å². The number of nitrogens with one attached hydrogen (secondary N) is 2. The first-order chi connectivity index (χ1) is 15.0. The van der Waals surface area contributed by atoms with Crippen molar-refractivity contribution in [2.75, 3.05) is 11.9 Å². The Balaban J connectivity index is 1.70. The van der Waals surface area contributed by atoms with Crippen LogP contribution in [0.4, 0.5) is 5.69 Å². The molecule has 3 aromatic carbocycles. The van der Waals surface area contributed by atoms with Crippen molar-refractivity contribution < 1.29 is 22.7 Å². The Labute approximate surface area is 191 Å². The van der Waals surface area contributed by atoms with Crippen LogP contribution in [0.25, 0.3) is 10.8 Å². The van der Waals surface area contributed by atoms with Gasteiger partial charge in [0.1, 0.15) is 4.90 Å². The minimum Gasteiger partial charge on any atom is -0.452 e. The second kappa shape index (κ2) is 9.28. The zero-order valence-electron chi connectivity index (χ0n) is 17.8. The lowest BCUT2D eigenvalue weighted by atomic mass is 10.1. The third-order valence-corrected chi connectivity index (χ3v) is 6.53. The van der Waals surface area contributed by atoms with Gasteiger partial charge in [-0.05, 0) is 50.4 Å². The molecule has 0 aliphatic rings. The highest BCUT2D eigenvalue weighted by Crippen LogP contribution is 2.25. The minimum atomic E-state index is -3.97. The average molecular weight is 475 g/mol. The number of carbonyl (C=O) groups is 2. The molecule has 9 heteroatoms. The molecule has 0 aromatic heterocycles. The third kappa shape index (κ3) is 5.85. The highest BCUT2D eigenvalue weighted by Gasteiger charge is 2.25. The Morgan fingerprint density at radius 3 is 2.41 bits per heavy atom. The van der Waals surface area contributed by atoms with Gasteiger partial charge >= 0.3 is 5.97 Å². The van der Waals surface area contributed by atoms with Gasteiger partial charge in [0.05, 0.1) is 10.6 Å². The van der Waals surface area contributed by atoms with Gasteiger partial charge in [-0.25, -0.2) is 17.9 Å². The fraction of sp³-hybridized carbons (Fsp3) is 0.217. The predicted molar refractivity (Wildman–Crippen MR) is 124 cm³/mol. The number of benzene rings is 3. The molecule has 0 bridgehead atoms. The van der Waals surface area contributed by atoms with E-state index in [2.05, 4.69) is 10.0 Å². The Morgan fingerprint density at radius 2 is 1.69 bits per heavy atom. The molecular weight excluding hydrogens is 452 g/mol. The van der Waals surface area contributed by atoms with E-state index in [1.807, 2.05) is 36.4 Å². The molecule has 0 aliphatic carbocycles. The van der Waals surface area contributed by atoms with Gasteiger partial charge in [-0.15, -0.1) is 0 Å². The van der Waals surface area contributed by atoms with Crippen molar-refractivity contribution in [1.29, 1.82) is 0 Å². The minimum absolute atomic E-state index is 0.0352. The summed E-state index contributed by atoms with van der Waals surface area (Å²) >= 11 is 6.04. The fourth-order valence-electron chi connectivity index (χ4n) is 3.03. The summed E-state index contributed by atoms with van der Waals surface area (Å²) in [6, 6.07) is 16.8. The summed E-state index contributed by atoms with van der Waals surface area (Å²) in [4.78, 5) is 24.5. The lowest BCUT2D eigenvalue weighted by molar-refractivity contribution is -0.119. The molecule has 0 atom stereocenters. The van der Waals surface area contributed by atoms with Crippen LogP contribution in [0.3, 0.4) is 0 Å². The lowest BCUT2D eigenvalue weighted by Gasteiger charge is -2.21. The first kappa shape index (κ1) is 23.7. The molecule has 1 amide bonds. The van der Waals surface area contributed by atoms with Gasteiger partial charge in [0.15, 0.2) is 6.61 Å². The monoisotopic (exact) mass is 474 g/mol. The van der Waals surface area contributed by atoms with Crippen LogP contribution in [-0.4, -0.2) is 32.4 Å². The molecule has 3 aromatic rings. The number of amides is 1. The summed E-state index contributed by atoms with van der Waals surface area (Å²) in [5.74, 6) is -1.37. The molecular formula is C23H23ClN2O5S. The summed E-state index contributed by atoms with van der Waals surface area (Å²) in [7, 11) is -3.97. The van der Waals surface area contributed by atoms with E-state index in [-0.39, 0.29) is 15.5 Å². The summed E-state index contributed by atoms with van der Waals surface area (Å²) in [5, 5.41) is 4.50. The summed E-state index contributed by atoms with van der Waals surface area (Å²) < 4.78 is 32.8. The lowest BCUT2D eigenvalue weighted by Crippen LogP contribution is -2.40. The van der Waals surface area contributed by atoms with Crippen molar-refractivity contribution in [3.05, 3.63) is 71.2 Å². The van der Waals surface area contributed by atoms with Gasteiger partial charge in [-0.3, -0.25) is 4.79 Å². The first-order valence-electron chi connectivity index (χ1n) is 9.74. The quantitative estimate of drug-likeness (QED) is 0.517.